The van der Waals surface area contributed by atoms with Crippen LogP contribution < -0.4 is 15.4 Å². The number of esters is 1. The van der Waals surface area contributed by atoms with E-state index in [0.29, 0.717) is 5.75 Å². The van der Waals surface area contributed by atoms with Crippen LogP contribution >= 0.6 is 0 Å². The number of ether oxygens (including phenoxy) is 2. The Labute approximate surface area is 129 Å². The third-order valence-corrected chi connectivity index (χ3v) is 3.27. The van der Waals surface area contributed by atoms with Crippen LogP contribution in [0.3, 0.4) is 0 Å². The number of fused-ring (bicyclic) bond motifs is 1. The second kappa shape index (κ2) is 5.47. The van der Waals surface area contributed by atoms with E-state index in [1.54, 1.807) is 46.8 Å². The minimum Gasteiger partial charge on any atom is -0.474 e. The molecule has 1 aliphatic heterocycles. The number of anilines is 2. The monoisotopic (exact) mass is 307 g/mol. The lowest BCUT2D eigenvalue weighted by atomic mass is 10.0. The van der Waals surface area contributed by atoms with Crippen molar-refractivity contribution in [2.75, 3.05) is 10.6 Å². The summed E-state index contributed by atoms with van der Waals surface area (Å²) in [6, 6.07) is 2.39. The average molecular weight is 307 g/mol. The molecule has 0 aliphatic carbocycles. The highest BCUT2D eigenvalue weighted by atomic mass is 16.5. The van der Waals surface area contributed by atoms with E-state index in [1.165, 1.54) is 4.90 Å². The third-order valence-electron chi connectivity index (χ3n) is 3.27. The van der Waals surface area contributed by atoms with Crippen molar-refractivity contribution in [3.63, 3.8) is 0 Å². The normalized spacial score (nSPS) is 17.7. The maximum atomic E-state index is 12.7. The molecular weight excluding hydrogens is 286 g/mol. The molecule has 2 N–H and O–H groups in total. The lowest BCUT2D eigenvalue weighted by Crippen LogP contribution is -2.57. The van der Waals surface area contributed by atoms with Gasteiger partial charge in [-0.05, 0) is 46.8 Å². The van der Waals surface area contributed by atoms with Crippen LogP contribution in [-0.4, -0.2) is 34.6 Å². The van der Waals surface area contributed by atoms with Gasteiger partial charge in [-0.3, -0.25) is 9.69 Å². The van der Waals surface area contributed by atoms with Crippen molar-refractivity contribution in [3.8, 4) is 5.75 Å². The molecule has 2 heterocycles. The number of rotatable bonds is 3. The predicted molar refractivity (Wildman–Crippen MR) is 81.5 cm³/mol. The zero-order chi connectivity index (χ0) is 16.7. The second-order valence-electron chi connectivity index (χ2n) is 6.01. The number of nitrogens with two attached hydrogens (primary N) is 1. The first-order valence-corrected chi connectivity index (χ1v) is 7.13. The topological polar surface area (TPSA) is 94.8 Å². The number of nitrogens with zero attached hydrogens (tertiary/aromatic N) is 2. The average Bonchev–Trinajstić information content (AvgIpc) is 2.39. The van der Waals surface area contributed by atoms with Gasteiger partial charge in [-0.2, -0.15) is 0 Å². The summed E-state index contributed by atoms with van der Waals surface area (Å²) < 4.78 is 10.9. The third kappa shape index (κ3) is 2.84. The van der Waals surface area contributed by atoms with E-state index >= 15 is 0 Å². The Morgan fingerprint density at radius 1 is 1.36 bits per heavy atom. The Balaban J connectivity index is 2.46. The molecule has 2 rings (SSSR count). The first-order chi connectivity index (χ1) is 10.1. The predicted octanol–water partition coefficient (Wildman–Crippen LogP) is 1.51. The fourth-order valence-corrected chi connectivity index (χ4v) is 2.20. The summed E-state index contributed by atoms with van der Waals surface area (Å²) in [6.45, 7) is 8.38. The molecule has 120 valence electrons. The van der Waals surface area contributed by atoms with Crippen LogP contribution in [0.4, 0.5) is 11.6 Å². The van der Waals surface area contributed by atoms with Gasteiger partial charge in [0.05, 0.1) is 6.10 Å². The standard InChI is InChI=1S/C15H21N3O4/c1-8(2)21-13(19)9(3)18-12-10(6-7-11(16)17-12)22-15(4,5)14(18)20/h6-9H,1-5H3,(H2,16,17). The zero-order valence-corrected chi connectivity index (χ0v) is 13.4. The lowest BCUT2D eigenvalue weighted by Gasteiger charge is -2.39. The van der Waals surface area contributed by atoms with Crippen LogP contribution in [0, 0.1) is 0 Å². The Hall–Kier alpha value is -2.31. The molecule has 0 spiro atoms. The van der Waals surface area contributed by atoms with Crippen LogP contribution in [0.2, 0.25) is 0 Å². The highest BCUT2D eigenvalue weighted by Gasteiger charge is 2.45. The molecule has 1 unspecified atom stereocenters. The smallest absolute Gasteiger partial charge is 0.329 e. The van der Waals surface area contributed by atoms with Gasteiger partial charge in [-0.1, -0.05) is 0 Å². The number of carbonyl (C=O) groups is 2. The number of hydrogen-bond acceptors (Lipinski definition) is 6. The van der Waals surface area contributed by atoms with Gasteiger partial charge in [0.25, 0.3) is 5.91 Å². The van der Waals surface area contributed by atoms with Gasteiger partial charge in [-0.15, -0.1) is 0 Å². The summed E-state index contributed by atoms with van der Waals surface area (Å²) in [5.74, 6) is 0.00680. The van der Waals surface area contributed by atoms with Crippen LogP contribution in [0.15, 0.2) is 12.1 Å². The van der Waals surface area contributed by atoms with Crippen LogP contribution in [0.25, 0.3) is 0 Å². The molecule has 0 saturated heterocycles. The Morgan fingerprint density at radius 3 is 2.59 bits per heavy atom. The van der Waals surface area contributed by atoms with Crippen molar-refractivity contribution in [2.45, 2.75) is 52.4 Å². The Kier molecular flexibility index (Phi) is 4.00. The van der Waals surface area contributed by atoms with E-state index in [4.69, 9.17) is 15.2 Å². The van der Waals surface area contributed by atoms with Gasteiger partial charge in [0.15, 0.2) is 17.2 Å². The molecule has 0 aromatic carbocycles. The maximum absolute atomic E-state index is 12.7. The summed E-state index contributed by atoms with van der Waals surface area (Å²) in [7, 11) is 0. The van der Waals surface area contributed by atoms with Crippen molar-refractivity contribution >= 4 is 23.5 Å². The molecule has 0 fully saturated rings. The highest BCUT2D eigenvalue weighted by Crippen LogP contribution is 2.38. The molecule has 7 heteroatoms. The molecule has 7 nitrogen and oxygen atoms in total. The van der Waals surface area contributed by atoms with Gasteiger partial charge in [-0.25, -0.2) is 9.78 Å². The minimum atomic E-state index is -1.10. The largest absolute Gasteiger partial charge is 0.474 e. The number of pyridine rings is 1. The van der Waals surface area contributed by atoms with Crippen LogP contribution in [0.5, 0.6) is 5.75 Å². The van der Waals surface area contributed by atoms with Gasteiger partial charge in [0.1, 0.15) is 11.9 Å². The quantitative estimate of drug-likeness (QED) is 0.850. The van der Waals surface area contributed by atoms with E-state index in [0.717, 1.165) is 0 Å². The first kappa shape index (κ1) is 16.1. The Bertz CT molecular complexity index is 613. The van der Waals surface area contributed by atoms with Crippen molar-refractivity contribution in [1.29, 1.82) is 0 Å². The molecule has 1 aromatic heterocycles. The van der Waals surface area contributed by atoms with Crippen LogP contribution in [0.1, 0.15) is 34.6 Å². The van der Waals surface area contributed by atoms with Crippen molar-refractivity contribution in [3.05, 3.63) is 12.1 Å². The fourth-order valence-electron chi connectivity index (χ4n) is 2.20. The molecule has 0 bridgehead atoms. The van der Waals surface area contributed by atoms with E-state index in [-0.39, 0.29) is 23.6 Å². The minimum absolute atomic E-state index is 0.234. The molecule has 1 aliphatic rings. The van der Waals surface area contributed by atoms with Gasteiger partial charge in [0.2, 0.25) is 0 Å². The van der Waals surface area contributed by atoms with Gasteiger partial charge < -0.3 is 15.2 Å². The summed E-state index contributed by atoms with van der Waals surface area (Å²) in [5.41, 5.74) is 4.59. The van der Waals surface area contributed by atoms with E-state index < -0.39 is 17.6 Å². The van der Waals surface area contributed by atoms with Gasteiger partial charge in [0, 0.05) is 0 Å². The number of carbonyl (C=O) groups excluding carboxylic acids is 2. The van der Waals surface area contributed by atoms with E-state index in [2.05, 4.69) is 4.98 Å². The molecule has 22 heavy (non-hydrogen) atoms. The second-order valence-corrected chi connectivity index (χ2v) is 6.01. The molecule has 1 amide bonds. The molecule has 0 saturated carbocycles. The number of aromatic nitrogens is 1. The molecule has 1 aromatic rings. The fraction of sp³-hybridized carbons (Fsp3) is 0.533. The summed E-state index contributed by atoms with van der Waals surface area (Å²) in [4.78, 5) is 30.3. The van der Waals surface area contributed by atoms with E-state index in [1.807, 2.05) is 0 Å². The summed E-state index contributed by atoms with van der Waals surface area (Å²) >= 11 is 0. The molecule has 0 radical (unpaired) electrons. The first-order valence-electron chi connectivity index (χ1n) is 7.13. The van der Waals surface area contributed by atoms with Crippen molar-refractivity contribution in [1.82, 2.24) is 4.98 Å². The van der Waals surface area contributed by atoms with E-state index in [9.17, 15) is 9.59 Å². The molecular formula is C15H21N3O4. The van der Waals surface area contributed by atoms with Gasteiger partial charge >= 0.3 is 5.97 Å². The molecule has 1 atom stereocenters. The lowest BCUT2D eigenvalue weighted by molar-refractivity contribution is -0.151. The van der Waals surface area contributed by atoms with Crippen molar-refractivity contribution < 1.29 is 19.1 Å². The zero-order valence-electron chi connectivity index (χ0n) is 13.4. The highest BCUT2D eigenvalue weighted by molar-refractivity contribution is 6.05. The summed E-state index contributed by atoms with van der Waals surface area (Å²) in [5, 5.41) is 0. The van der Waals surface area contributed by atoms with Crippen LogP contribution in [-0.2, 0) is 14.3 Å². The van der Waals surface area contributed by atoms with Crippen molar-refractivity contribution in [2.24, 2.45) is 0 Å². The number of nitrogen functional groups attached to an aromatic ring is 1. The Morgan fingerprint density at radius 2 is 2.00 bits per heavy atom. The summed E-state index contributed by atoms with van der Waals surface area (Å²) in [6.07, 6.45) is -0.271. The number of hydrogen-bond donors (Lipinski definition) is 1. The number of amides is 1. The maximum Gasteiger partial charge on any atom is 0.329 e. The SMILES string of the molecule is CC(C)OC(=O)C(C)N1C(=O)C(C)(C)Oc2ccc(N)nc21.